The van der Waals surface area contributed by atoms with Crippen LogP contribution in [-0.4, -0.2) is 36.3 Å². The molecule has 2 aromatic rings. The molecule has 1 aliphatic heterocycles. The van der Waals surface area contributed by atoms with Crippen LogP contribution < -0.4 is 10.9 Å². The van der Waals surface area contributed by atoms with Crippen molar-refractivity contribution in [1.82, 2.24) is 8.87 Å². The molecule has 0 unspecified atom stereocenters. The Morgan fingerprint density at radius 2 is 1.86 bits per heavy atom. The van der Waals surface area contributed by atoms with Crippen molar-refractivity contribution in [1.29, 1.82) is 5.26 Å². The van der Waals surface area contributed by atoms with Crippen molar-refractivity contribution in [2.24, 2.45) is 0 Å². The summed E-state index contributed by atoms with van der Waals surface area (Å²) in [6.07, 6.45) is 2.89. The lowest BCUT2D eigenvalue weighted by atomic mass is 10.2. The molecule has 0 bridgehead atoms. The van der Waals surface area contributed by atoms with Gasteiger partial charge in [0.25, 0.3) is 5.56 Å². The van der Waals surface area contributed by atoms with Crippen molar-refractivity contribution >= 4 is 21.6 Å². The lowest BCUT2D eigenvalue weighted by Gasteiger charge is -2.16. The molecule has 1 aromatic heterocycles. The van der Waals surface area contributed by atoms with E-state index in [-0.39, 0.29) is 29.3 Å². The van der Waals surface area contributed by atoms with Gasteiger partial charge < -0.3 is 9.88 Å². The van der Waals surface area contributed by atoms with Crippen LogP contribution in [0.4, 0.5) is 5.69 Å². The number of hydrogen-bond acceptors (Lipinski definition) is 5. The fourth-order valence-electron chi connectivity index (χ4n) is 3.04. The first-order valence-electron chi connectivity index (χ1n) is 8.91. The molecule has 1 aromatic carbocycles. The van der Waals surface area contributed by atoms with E-state index in [0.717, 1.165) is 12.8 Å². The minimum absolute atomic E-state index is 0.0305. The van der Waals surface area contributed by atoms with Gasteiger partial charge in [-0.2, -0.15) is 9.57 Å². The van der Waals surface area contributed by atoms with E-state index in [4.69, 9.17) is 5.26 Å². The predicted octanol–water partition coefficient (Wildman–Crippen LogP) is 1.53. The number of anilines is 1. The Bertz CT molecular complexity index is 1080. The van der Waals surface area contributed by atoms with Gasteiger partial charge in [-0.05, 0) is 31.0 Å². The minimum atomic E-state index is -3.64. The highest BCUT2D eigenvalue weighted by atomic mass is 32.2. The van der Waals surface area contributed by atoms with Crippen molar-refractivity contribution in [2.75, 3.05) is 18.4 Å². The quantitative estimate of drug-likeness (QED) is 0.790. The molecule has 2 heterocycles. The molecule has 1 aliphatic rings. The maximum atomic E-state index is 12.6. The Morgan fingerprint density at radius 1 is 1.14 bits per heavy atom. The van der Waals surface area contributed by atoms with Gasteiger partial charge in [0.15, 0.2) is 0 Å². The Balaban J connectivity index is 1.71. The number of nitrogens with zero attached hydrogens (tertiary/aromatic N) is 3. The van der Waals surface area contributed by atoms with Crippen molar-refractivity contribution in [3.63, 3.8) is 0 Å². The molecular weight excluding hydrogens is 380 g/mol. The summed E-state index contributed by atoms with van der Waals surface area (Å²) in [7, 11) is -3.64. The summed E-state index contributed by atoms with van der Waals surface area (Å²) in [5.41, 5.74) is 0.352. The number of carbonyl (C=O) groups excluding carboxylic acids is 1. The second kappa shape index (κ2) is 8.37. The van der Waals surface area contributed by atoms with Gasteiger partial charge in [-0.25, -0.2) is 8.42 Å². The van der Waals surface area contributed by atoms with E-state index >= 15 is 0 Å². The standard InChI is InChI=1S/C19H20N4O4S/c20-13-15-5-1-2-6-17(15)21-18(24)9-12-22-14-16(7-8-19(22)25)28(26,27)23-10-3-4-11-23/h1-2,5-8,14H,3-4,9-12H2,(H,21,24). The van der Waals surface area contributed by atoms with Gasteiger partial charge in [-0.3, -0.25) is 9.59 Å². The second-order valence-corrected chi connectivity index (χ2v) is 8.40. The van der Waals surface area contributed by atoms with E-state index in [9.17, 15) is 18.0 Å². The van der Waals surface area contributed by atoms with Crippen LogP contribution >= 0.6 is 0 Å². The van der Waals surface area contributed by atoms with Crippen LogP contribution in [0, 0.1) is 11.3 Å². The first kappa shape index (κ1) is 19.8. The SMILES string of the molecule is N#Cc1ccccc1NC(=O)CCn1cc(S(=O)(=O)N2CCCC2)ccc1=O. The number of benzene rings is 1. The maximum Gasteiger partial charge on any atom is 0.250 e. The van der Waals surface area contributed by atoms with Crippen molar-refractivity contribution in [3.05, 3.63) is 58.5 Å². The van der Waals surface area contributed by atoms with Crippen LogP contribution in [0.2, 0.25) is 0 Å². The van der Waals surface area contributed by atoms with E-state index < -0.39 is 10.0 Å². The summed E-state index contributed by atoms with van der Waals surface area (Å²) in [6.45, 7) is 0.979. The molecule has 28 heavy (non-hydrogen) atoms. The van der Waals surface area contributed by atoms with Crippen LogP contribution in [0.3, 0.4) is 0 Å². The number of pyridine rings is 1. The van der Waals surface area contributed by atoms with Crippen LogP contribution in [0.25, 0.3) is 0 Å². The topological polar surface area (TPSA) is 112 Å². The number of aryl methyl sites for hydroxylation is 1. The van der Waals surface area contributed by atoms with Gasteiger partial charge >= 0.3 is 0 Å². The number of amides is 1. The fourth-order valence-corrected chi connectivity index (χ4v) is 4.58. The van der Waals surface area contributed by atoms with Crippen LogP contribution in [0.5, 0.6) is 0 Å². The number of rotatable bonds is 6. The fraction of sp³-hybridized carbons (Fsp3) is 0.316. The molecule has 0 radical (unpaired) electrons. The van der Waals surface area contributed by atoms with E-state index in [0.29, 0.717) is 24.3 Å². The molecule has 1 N–H and O–H groups in total. The summed E-state index contributed by atoms with van der Waals surface area (Å²) in [5, 5.41) is 11.7. The summed E-state index contributed by atoms with van der Waals surface area (Å²) in [4.78, 5) is 24.3. The van der Waals surface area contributed by atoms with Crippen molar-refractivity contribution < 1.29 is 13.2 Å². The second-order valence-electron chi connectivity index (χ2n) is 6.46. The van der Waals surface area contributed by atoms with E-state index in [1.54, 1.807) is 24.3 Å². The monoisotopic (exact) mass is 400 g/mol. The Hall–Kier alpha value is -2.96. The zero-order chi connectivity index (χ0) is 20.1. The lowest BCUT2D eigenvalue weighted by Crippen LogP contribution is -2.30. The number of sulfonamides is 1. The first-order valence-corrected chi connectivity index (χ1v) is 10.4. The normalized spacial score (nSPS) is 14.5. The molecule has 9 heteroatoms. The lowest BCUT2D eigenvalue weighted by molar-refractivity contribution is -0.116. The van der Waals surface area contributed by atoms with Gasteiger partial charge in [0, 0.05) is 38.3 Å². The largest absolute Gasteiger partial charge is 0.325 e. The first-order chi connectivity index (χ1) is 13.4. The smallest absolute Gasteiger partial charge is 0.250 e. The number of carbonyl (C=O) groups is 1. The van der Waals surface area contributed by atoms with Crippen molar-refractivity contribution in [3.8, 4) is 6.07 Å². The number of nitriles is 1. The summed E-state index contributed by atoms with van der Waals surface area (Å²) < 4.78 is 27.9. The number of aromatic nitrogens is 1. The Morgan fingerprint density at radius 3 is 2.57 bits per heavy atom. The number of hydrogen-bond donors (Lipinski definition) is 1. The van der Waals surface area contributed by atoms with Gasteiger partial charge in [-0.15, -0.1) is 0 Å². The Kier molecular flexibility index (Phi) is 5.92. The van der Waals surface area contributed by atoms with E-state index in [1.807, 2.05) is 6.07 Å². The van der Waals surface area contributed by atoms with Crippen molar-refractivity contribution in [2.45, 2.75) is 30.7 Å². The molecule has 3 rings (SSSR count). The third-order valence-corrected chi connectivity index (χ3v) is 6.44. The third-order valence-electron chi connectivity index (χ3n) is 4.56. The third kappa shape index (κ3) is 4.30. The van der Waals surface area contributed by atoms with E-state index in [2.05, 4.69) is 5.32 Å². The van der Waals surface area contributed by atoms with Crippen LogP contribution in [0.15, 0.2) is 52.3 Å². The minimum Gasteiger partial charge on any atom is -0.325 e. The zero-order valence-corrected chi connectivity index (χ0v) is 16.0. The highest BCUT2D eigenvalue weighted by Crippen LogP contribution is 2.20. The Labute approximate surface area is 163 Å². The van der Waals surface area contributed by atoms with E-state index in [1.165, 1.54) is 27.2 Å². The average molecular weight is 400 g/mol. The summed E-state index contributed by atoms with van der Waals surface area (Å²) >= 11 is 0. The number of para-hydroxylation sites is 1. The molecule has 146 valence electrons. The zero-order valence-electron chi connectivity index (χ0n) is 15.2. The van der Waals surface area contributed by atoms with Gasteiger partial charge in [0.1, 0.15) is 6.07 Å². The number of nitrogens with one attached hydrogen (secondary N) is 1. The van der Waals surface area contributed by atoms with Gasteiger partial charge in [0.2, 0.25) is 15.9 Å². The highest BCUT2D eigenvalue weighted by molar-refractivity contribution is 7.89. The molecular formula is C19H20N4O4S. The van der Waals surface area contributed by atoms with Gasteiger partial charge in [-0.1, -0.05) is 12.1 Å². The summed E-state index contributed by atoms with van der Waals surface area (Å²) in [6, 6.07) is 11.1. The predicted molar refractivity (Wildman–Crippen MR) is 103 cm³/mol. The summed E-state index contributed by atoms with van der Waals surface area (Å²) in [5.74, 6) is -0.373. The molecule has 0 saturated carbocycles. The molecule has 0 atom stereocenters. The molecule has 1 amide bonds. The molecule has 8 nitrogen and oxygen atoms in total. The molecule has 0 spiro atoms. The molecule has 0 aliphatic carbocycles. The van der Waals surface area contributed by atoms with Crippen LogP contribution in [0.1, 0.15) is 24.8 Å². The highest BCUT2D eigenvalue weighted by Gasteiger charge is 2.27. The average Bonchev–Trinajstić information content (AvgIpc) is 3.23. The van der Waals surface area contributed by atoms with Crippen LogP contribution in [-0.2, 0) is 21.4 Å². The van der Waals surface area contributed by atoms with Gasteiger partial charge in [0.05, 0.1) is 16.1 Å². The molecule has 1 saturated heterocycles. The maximum absolute atomic E-state index is 12.6. The molecule has 1 fully saturated rings.